The molecule has 6 rings (SSSR count). The first kappa shape index (κ1) is 15.9. The number of rotatable bonds is 1. The maximum atomic E-state index is 4.74. The van der Waals surface area contributed by atoms with Crippen LogP contribution in [0, 0.1) is 12.3 Å². The molecule has 28 heavy (non-hydrogen) atoms. The Morgan fingerprint density at radius 1 is 0.857 bits per heavy atom. The standard InChI is InChI=1S/C24H22N4/c1-16-8-4-6-10-18(16)28-21-20(14-25-15-26-21)27-19-11-7-5-9-17(19)23(2)12-13-24(23,3)22(27)28/h4-15,22H,1-3H3. The lowest BCUT2D eigenvalue weighted by Crippen LogP contribution is -2.64. The van der Waals surface area contributed by atoms with Crippen LogP contribution in [0.4, 0.5) is 22.9 Å². The molecule has 4 heteroatoms. The van der Waals surface area contributed by atoms with Crippen molar-refractivity contribution in [2.75, 3.05) is 9.80 Å². The van der Waals surface area contributed by atoms with Gasteiger partial charge in [0.25, 0.3) is 0 Å². The maximum absolute atomic E-state index is 4.74. The second-order valence-corrected chi connectivity index (χ2v) is 8.47. The molecule has 0 radical (unpaired) electrons. The van der Waals surface area contributed by atoms with Crippen LogP contribution in [-0.4, -0.2) is 16.1 Å². The van der Waals surface area contributed by atoms with Crippen molar-refractivity contribution in [2.24, 2.45) is 5.41 Å². The van der Waals surface area contributed by atoms with Crippen LogP contribution in [0.15, 0.2) is 73.2 Å². The van der Waals surface area contributed by atoms with Crippen LogP contribution in [0.1, 0.15) is 25.0 Å². The van der Waals surface area contributed by atoms with E-state index in [0.717, 1.165) is 11.5 Å². The molecule has 0 N–H and O–H groups in total. The summed E-state index contributed by atoms with van der Waals surface area (Å²) in [5, 5.41) is 0. The van der Waals surface area contributed by atoms with Crippen molar-refractivity contribution >= 4 is 22.9 Å². The quantitative estimate of drug-likeness (QED) is 0.551. The molecule has 3 aromatic rings. The van der Waals surface area contributed by atoms with E-state index in [1.165, 1.54) is 22.5 Å². The first-order chi connectivity index (χ1) is 13.6. The van der Waals surface area contributed by atoms with Crippen LogP contribution >= 0.6 is 0 Å². The molecule has 138 valence electrons. The minimum absolute atomic E-state index is 0.0127. The maximum Gasteiger partial charge on any atom is 0.162 e. The molecular weight excluding hydrogens is 344 g/mol. The van der Waals surface area contributed by atoms with Gasteiger partial charge in [0.1, 0.15) is 18.2 Å². The molecule has 1 aliphatic carbocycles. The molecule has 0 saturated carbocycles. The van der Waals surface area contributed by atoms with Gasteiger partial charge in [-0.25, -0.2) is 9.97 Å². The molecule has 1 aromatic heterocycles. The Bertz CT molecular complexity index is 1150. The molecule has 2 aliphatic heterocycles. The Morgan fingerprint density at radius 3 is 2.36 bits per heavy atom. The highest BCUT2D eigenvalue weighted by molar-refractivity contribution is 5.90. The van der Waals surface area contributed by atoms with Gasteiger partial charge in [0.2, 0.25) is 0 Å². The van der Waals surface area contributed by atoms with Crippen molar-refractivity contribution < 1.29 is 0 Å². The molecule has 0 spiro atoms. The van der Waals surface area contributed by atoms with Gasteiger partial charge in [0.15, 0.2) is 5.82 Å². The fourth-order valence-corrected chi connectivity index (χ4v) is 5.37. The summed E-state index contributed by atoms with van der Waals surface area (Å²) in [6, 6.07) is 17.4. The van der Waals surface area contributed by atoms with Crippen molar-refractivity contribution in [3.8, 4) is 0 Å². The first-order valence-electron chi connectivity index (χ1n) is 9.80. The Balaban J connectivity index is 1.70. The Kier molecular flexibility index (Phi) is 2.84. The van der Waals surface area contributed by atoms with E-state index >= 15 is 0 Å². The summed E-state index contributed by atoms with van der Waals surface area (Å²) in [5.41, 5.74) is 6.10. The number of para-hydroxylation sites is 2. The van der Waals surface area contributed by atoms with E-state index < -0.39 is 0 Å². The highest BCUT2D eigenvalue weighted by atomic mass is 15.5. The van der Waals surface area contributed by atoms with Crippen LogP contribution in [0.3, 0.4) is 0 Å². The largest absolute Gasteiger partial charge is 0.314 e. The molecule has 0 fully saturated rings. The third-order valence-corrected chi connectivity index (χ3v) is 7.17. The van der Waals surface area contributed by atoms with E-state index in [0.29, 0.717) is 0 Å². The monoisotopic (exact) mass is 366 g/mol. The predicted molar refractivity (Wildman–Crippen MR) is 112 cm³/mol. The molecule has 0 bridgehead atoms. The van der Waals surface area contributed by atoms with Crippen molar-refractivity contribution in [1.82, 2.24) is 9.97 Å². The molecule has 2 aromatic carbocycles. The van der Waals surface area contributed by atoms with E-state index in [1.54, 1.807) is 6.33 Å². The van der Waals surface area contributed by atoms with Gasteiger partial charge in [-0.05, 0) is 30.2 Å². The average Bonchev–Trinajstić information content (AvgIpc) is 3.06. The third kappa shape index (κ3) is 1.63. The van der Waals surface area contributed by atoms with Gasteiger partial charge >= 0.3 is 0 Å². The van der Waals surface area contributed by atoms with Gasteiger partial charge in [-0.2, -0.15) is 0 Å². The minimum atomic E-state index is -0.0513. The summed E-state index contributed by atoms with van der Waals surface area (Å²) in [6.07, 6.45) is 8.48. The summed E-state index contributed by atoms with van der Waals surface area (Å²) in [6.45, 7) is 6.92. The normalized spacial score (nSPS) is 28.9. The zero-order valence-electron chi connectivity index (χ0n) is 16.3. The number of aromatic nitrogens is 2. The lowest BCUT2D eigenvalue weighted by atomic mass is 9.50. The highest BCUT2D eigenvalue weighted by Gasteiger charge is 2.63. The second-order valence-electron chi connectivity index (χ2n) is 8.47. The van der Waals surface area contributed by atoms with Crippen LogP contribution in [0.2, 0.25) is 0 Å². The van der Waals surface area contributed by atoms with E-state index in [1.807, 2.05) is 6.20 Å². The lowest BCUT2D eigenvalue weighted by Gasteiger charge is -2.61. The van der Waals surface area contributed by atoms with Gasteiger partial charge in [-0.15, -0.1) is 0 Å². The molecular formula is C24H22N4. The first-order valence-corrected chi connectivity index (χ1v) is 9.80. The summed E-state index contributed by atoms with van der Waals surface area (Å²) >= 11 is 0. The van der Waals surface area contributed by atoms with Crippen LogP contribution in [0.5, 0.6) is 0 Å². The average molecular weight is 366 g/mol. The van der Waals surface area contributed by atoms with Gasteiger partial charge in [0.05, 0.1) is 6.20 Å². The third-order valence-electron chi connectivity index (χ3n) is 7.17. The van der Waals surface area contributed by atoms with Gasteiger partial charge in [-0.3, -0.25) is 0 Å². The van der Waals surface area contributed by atoms with E-state index in [4.69, 9.17) is 4.98 Å². The molecule has 0 saturated heterocycles. The smallest absolute Gasteiger partial charge is 0.162 e. The Morgan fingerprint density at radius 2 is 1.61 bits per heavy atom. The Labute approximate surface area is 165 Å². The van der Waals surface area contributed by atoms with Gasteiger partial charge < -0.3 is 9.80 Å². The van der Waals surface area contributed by atoms with Crippen molar-refractivity contribution in [1.29, 1.82) is 0 Å². The molecule has 3 heterocycles. The van der Waals surface area contributed by atoms with Crippen LogP contribution in [-0.2, 0) is 5.41 Å². The predicted octanol–water partition coefficient (Wildman–Crippen LogP) is 5.25. The molecule has 0 amide bonds. The number of hydrogen-bond acceptors (Lipinski definition) is 4. The van der Waals surface area contributed by atoms with Gasteiger partial charge in [0, 0.05) is 22.2 Å². The molecule has 3 aliphatic rings. The Hall–Kier alpha value is -3.14. The summed E-state index contributed by atoms with van der Waals surface area (Å²) in [5.74, 6) is 0.981. The highest BCUT2D eigenvalue weighted by Crippen LogP contribution is 2.66. The van der Waals surface area contributed by atoms with Crippen molar-refractivity contribution in [3.63, 3.8) is 0 Å². The number of hydrogen-bond donors (Lipinski definition) is 0. The number of aryl methyl sites for hydroxylation is 1. The molecule has 3 unspecified atom stereocenters. The fraction of sp³-hybridized carbons (Fsp3) is 0.250. The number of fused-ring (bicyclic) bond motifs is 8. The second kappa shape index (κ2) is 5.02. The van der Waals surface area contributed by atoms with Crippen molar-refractivity contribution in [2.45, 2.75) is 32.4 Å². The summed E-state index contributed by atoms with van der Waals surface area (Å²) in [4.78, 5) is 14.0. The number of anilines is 4. The topological polar surface area (TPSA) is 32.3 Å². The zero-order chi connectivity index (χ0) is 19.1. The van der Waals surface area contributed by atoms with Crippen molar-refractivity contribution in [3.05, 3.63) is 84.3 Å². The summed E-state index contributed by atoms with van der Waals surface area (Å²) < 4.78 is 0. The molecule has 3 atom stereocenters. The number of nitrogens with zero attached hydrogens (tertiary/aromatic N) is 4. The van der Waals surface area contributed by atoms with E-state index in [9.17, 15) is 0 Å². The minimum Gasteiger partial charge on any atom is -0.314 e. The van der Waals surface area contributed by atoms with Crippen LogP contribution < -0.4 is 9.80 Å². The van der Waals surface area contributed by atoms with E-state index in [2.05, 4.69) is 96.2 Å². The SMILES string of the molecule is Cc1ccccc1N1c2ncncc2N2c3ccccc3C3(C)C=CC3(C)C21. The number of benzene rings is 2. The summed E-state index contributed by atoms with van der Waals surface area (Å²) in [7, 11) is 0. The fourth-order valence-electron chi connectivity index (χ4n) is 5.37. The van der Waals surface area contributed by atoms with E-state index in [-0.39, 0.29) is 17.0 Å². The van der Waals surface area contributed by atoms with Crippen LogP contribution in [0.25, 0.3) is 0 Å². The number of allylic oxidation sites excluding steroid dienone is 1. The van der Waals surface area contributed by atoms with Gasteiger partial charge in [-0.1, -0.05) is 62.4 Å². The molecule has 4 nitrogen and oxygen atoms in total. The lowest BCUT2D eigenvalue weighted by molar-refractivity contribution is 0.174. The zero-order valence-corrected chi connectivity index (χ0v) is 16.3.